The molecule has 1 heterocycles. The summed E-state index contributed by atoms with van der Waals surface area (Å²) in [5, 5.41) is 9.84. The summed E-state index contributed by atoms with van der Waals surface area (Å²) in [5.74, 6) is 0.700. The molecule has 1 saturated heterocycles. The molecular formula is C21H28FNO3. The summed E-state index contributed by atoms with van der Waals surface area (Å²) in [4.78, 5) is 14.5. The van der Waals surface area contributed by atoms with Crippen molar-refractivity contribution >= 4 is 5.91 Å². The molecule has 1 amide bonds. The second-order valence-electron chi connectivity index (χ2n) is 8.96. The van der Waals surface area contributed by atoms with Crippen LogP contribution in [0, 0.1) is 17.2 Å². The molecule has 142 valence electrons. The summed E-state index contributed by atoms with van der Waals surface area (Å²) in [7, 11) is 1.50. The Balaban J connectivity index is 1.30. The van der Waals surface area contributed by atoms with Crippen LogP contribution in [-0.4, -0.2) is 41.7 Å². The Morgan fingerprint density at radius 1 is 1.27 bits per heavy atom. The van der Waals surface area contributed by atoms with Crippen LogP contribution in [0.1, 0.15) is 56.9 Å². The van der Waals surface area contributed by atoms with Crippen LogP contribution < -0.4 is 4.74 Å². The molecular weight excluding hydrogens is 333 g/mol. The van der Waals surface area contributed by atoms with Crippen molar-refractivity contribution in [2.75, 3.05) is 20.2 Å². The fraction of sp³-hybridized carbons (Fsp3) is 0.667. The Kier molecular flexibility index (Phi) is 4.25. The lowest BCUT2D eigenvalue weighted by molar-refractivity contribution is -0.163. The van der Waals surface area contributed by atoms with E-state index < -0.39 is 5.60 Å². The van der Waals surface area contributed by atoms with E-state index >= 15 is 0 Å². The molecule has 0 unspecified atom stereocenters. The van der Waals surface area contributed by atoms with Gasteiger partial charge in [0.2, 0.25) is 5.91 Å². The second-order valence-corrected chi connectivity index (χ2v) is 8.96. The van der Waals surface area contributed by atoms with Crippen molar-refractivity contribution in [2.24, 2.45) is 11.3 Å². The lowest BCUT2D eigenvalue weighted by Gasteiger charge is -2.55. The van der Waals surface area contributed by atoms with Gasteiger partial charge < -0.3 is 14.7 Å². The van der Waals surface area contributed by atoms with Gasteiger partial charge in [-0.15, -0.1) is 0 Å². The van der Waals surface area contributed by atoms with Gasteiger partial charge in [-0.25, -0.2) is 4.39 Å². The minimum Gasteiger partial charge on any atom is -0.494 e. The third-order valence-electron chi connectivity index (χ3n) is 6.78. The van der Waals surface area contributed by atoms with Crippen LogP contribution >= 0.6 is 0 Å². The maximum Gasteiger partial charge on any atom is 0.225 e. The standard InChI is InChI=1S/C21H28FNO3/c1-20(25)10-16(11-20)19(24)23-12-21(13-23)7-5-14(6-8-21)15-3-4-17(22)18(9-15)26-2/h3-4,9,14,16,25H,5-8,10-13H2,1-2H3/t16-,20+. The highest BCUT2D eigenvalue weighted by molar-refractivity contribution is 5.81. The van der Waals surface area contributed by atoms with Crippen LogP contribution in [0.15, 0.2) is 18.2 Å². The zero-order valence-electron chi connectivity index (χ0n) is 15.6. The summed E-state index contributed by atoms with van der Waals surface area (Å²) < 4.78 is 18.7. The molecule has 0 atom stereocenters. The summed E-state index contributed by atoms with van der Waals surface area (Å²) >= 11 is 0. The zero-order chi connectivity index (χ0) is 18.5. The van der Waals surface area contributed by atoms with E-state index in [4.69, 9.17) is 4.74 Å². The molecule has 0 bridgehead atoms. The molecule has 1 aromatic rings. The smallest absolute Gasteiger partial charge is 0.225 e. The number of benzene rings is 1. The predicted octanol–water partition coefficient (Wildman–Crippen LogP) is 3.48. The van der Waals surface area contributed by atoms with Gasteiger partial charge in [0.1, 0.15) is 0 Å². The van der Waals surface area contributed by atoms with Gasteiger partial charge in [0, 0.05) is 24.4 Å². The number of carbonyl (C=O) groups is 1. The summed E-state index contributed by atoms with van der Waals surface area (Å²) in [6, 6.07) is 5.20. The van der Waals surface area contributed by atoms with Crippen LogP contribution in [0.3, 0.4) is 0 Å². The molecule has 3 aliphatic rings. The highest BCUT2D eigenvalue weighted by atomic mass is 19.1. The van der Waals surface area contributed by atoms with Crippen molar-refractivity contribution in [3.63, 3.8) is 0 Å². The predicted molar refractivity (Wildman–Crippen MR) is 96.5 cm³/mol. The van der Waals surface area contributed by atoms with E-state index in [2.05, 4.69) is 0 Å². The molecule has 1 aliphatic heterocycles. The highest BCUT2D eigenvalue weighted by Gasteiger charge is 2.51. The Labute approximate surface area is 154 Å². The molecule has 1 N–H and O–H groups in total. The number of amides is 1. The lowest BCUT2D eigenvalue weighted by atomic mass is 9.63. The number of carbonyl (C=O) groups excluding carboxylic acids is 1. The van der Waals surface area contributed by atoms with E-state index in [1.165, 1.54) is 13.2 Å². The number of aliphatic hydroxyl groups is 1. The fourth-order valence-corrected chi connectivity index (χ4v) is 5.16. The molecule has 2 saturated carbocycles. The molecule has 26 heavy (non-hydrogen) atoms. The number of halogens is 1. The van der Waals surface area contributed by atoms with E-state index in [1.807, 2.05) is 17.0 Å². The molecule has 0 aromatic heterocycles. The van der Waals surface area contributed by atoms with Gasteiger partial charge in [-0.2, -0.15) is 0 Å². The third kappa shape index (κ3) is 3.11. The van der Waals surface area contributed by atoms with Gasteiger partial charge in [0.15, 0.2) is 11.6 Å². The van der Waals surface area contributed by atoms with Crippen LogP contribution in [0.5, 0.6) is 5.75 Å². The summed E-state index contributed by atoms with van der Waals surface area (Å²) in [6.45, 7) is 3.54. The number of hydrogen-bond acceptors (Lipinski definition) is 3. The number of methoxy groups -OCH3 is 1. The van der Waals surface area contributed by atoms with Gasteiger partial charge in [0.25, 0.3) is 0 Å². The number of ether oxygens (including phenoxy) is 1. The first-order valence-corrected chi connectivity index (χ1v) is 9.65. The van der Waals surface area contributed by atoms with Crippen molar-refractivity contribution in [2.45, 2.75) is 57.0 Å². The Morgan fingerprint density at radius 2 is 1.92 bits per heavy atom. The quantitative estimate of drug-likeness (QED) is 0.897. The highest BCUT2D eigenvalue weighted by Crippen LogP contribution is 2.50. The molecule has 0 radical (unpaired) electrons. The van der Waals surface area contributed by atoms with Gasteiger partial charge in [-0.3, -0.25) is 4.79 Å². The van der Waals surface area contributed by atoms with Crippen LogP contribution in [0.25, 0.3) is 0 Å². The Bertz CT molecular complexity index is 693. The number of likely N-dealkylation sites (tertiary alicyclic amines) is 1. The zero-order valence-corrected chi connectivity index (χ0v) is 15.6. The fourth-order valence-electron chi connectivity index (χ4n) is 5.16. The van der Waals surface area contributed by atoms with Gasteiger partial charge in [-0.1, -0.05) is 6.07 Å². The van der Waals surface area contributed by atoms with Crippen molar-refractivity contribution < 1.29 is 19.0 Å². The minimum atomic E-state index is -0.642. The minimum absolute atomic E-state index is 0.0189. The van der Waals surface area contributed by atoms with Crippen LogP contribution in [-0.2, 0) is 4.79 Å². The second kappa shape index (κ2) is 6.22. The first kappa shape index (κ1) is 17.8. The molecule has 1 spiro atoms. The monoisotopic (exact) mass is 361 g/mol. The van der Waals surface area contributed by atoms with E-state index in [0.717, 1.165) is 44.3 Å². The maximum atomic E-state index is 13.6. The van der Waals surface area contributed by atoms with E-state index in [-0.39, 0.29) is 23.1 Å². The Hall–Kier alpha value is -1.62. The van der Waals surface area contributed by atoms with Crippen molar-refractivity contribution in [3.8, 4) is 5.75 Å². The van der Waals surface area contributed by atoms with Crippen molar-refractivity contribution in [1.29, 1.82) is 0 Å². The molecule has 4 nitrogen and oxygen atoms in total. The maximum absolute atomic E-state index is 13.6. The SMILES string of the molecule is COc1cc(C2CCC3(CC2)CN(C(=O)[C@H]2C[C@@](C)(O)C2)C3)ccc1F. The van der Waals surface area contributed by atoms with Gasteiger partial charge in [-0.05, 0) is 69.1 Å². The van der Waals surface area contributed by atoms with Crippen molar-refractivity contribution in [3.05, 3.63) is 29.6 Å². The normalized spacial score (nSPS) is 30.6. The average molecular weight is 361 g/mol. The molecule has 2 aliphatic carbocycles. The largest absolute Gasteiger partial charge is 0.494 e. The number of rotatable bonds is 3. The molecule has 4 rings (SSSR count). The Morgan fingerprint density at radius 3 is 2.50 bits per heavy atom. The van der Waals surface area contributed by atoms with Gasteiger partial charge in [0.05, 0.1) is 12.7 Å². The first-order chi connectivity index (χ1) is 12.3. The average Bonchev–Trinajstić information content (AvgIpc) is 2.57. The summed E-state index contributed by atoms with van der Waals surface area (Å²) in [5.41, 5.74) is 0.793. The first-order valence-electron chi connectivity index (χ1n) is 9.65. The van der Waals surface area contributed by atoms with Crippen LogP contribution in [0.2, 0.25) is 0 Å². The van der Waals surface area contributed by atoms with Crippen molar-refractivity contribution in [1.82, 2.24) is 4.90 Å². The lowest BCUT2D eigenvalue weighted by Crippen LogP contribution is -2.62. The molecule has 5 heteroatoms. The van der Waals surface area contributed by atoms with E-state index in [9.17, 15) is 14.3 Å². The van der Waals surface area contributed by atoms with Crippen LogP contribution in [0.4, 0.5) is 4.39 Å². The number of nitrogens with zero attached hydrogens (tertiary/aromatic N) is 1. The molecule has 1 aromatic carbocycles. The molecule has 3 fully saturated rings. The topological polar surface area (TPSA) is 49.8 Å². The third-order valence-corrected chi connectivity index (χ3v) is 6.78. The van der Waals surface area contributed by atoms with E-state index in [1.54, 1.807) is 6.92 Å². The van der Waals surface area contributed by atoms with Gasteiger partial charge >= 0.3 is 0 Å². The summed E-state index contributed by atoms with van der Waals surface area (Å²) in [6.07, 6.45) is 5.59. The number of hydrogen-bond donors (Lipinski definition) is 1. The van der Waals surface area contributed by atoms with E-state index in [0.29, 0.717) is 24.5 Å².